The maximum atomic E-state index is 14.1. The van der Waals surface area contributed by atoms with Crippen molar-refractivity contribution in [3.8, 4) is 0 Å². The molecular weight excluding hydrogens is 255 g/mol. The number of nitrogens with zero attached hydrogens (tertiary/aromatic N) is 3. The fraction of sp³-hybridized carbons (Fsp3) is 0.333. The van der Waals surface area contributed by atoms with Crippen LogP contribution in [0.15, 0.2) is 24.4 Å². The highest BCUT2D eigenvalue weighted by Gasteiger charge is 2.22. The van der Waals surface area contributed by atoms with Gasteiger partial charge in [-0.1, -0.05) is 17.7 Å². The van der Waals surface area contributed by atoms with E-state index in [0.717, 1.165) is 25.1 Å². The Bertz CT molecular complexity index is 642. The Morgan fingerprint density at radius 2 is 2.20 bits per heavy atom. The van der Waals surface area contributed by atoms with Gasteiger partial charge in [-0.3, -0.25) is 0 Å². The highest BCUT2D eigenvalue weighted by atomic mass is 19.1. The normalized spacial score (nSPS) is 14.1. The molecule has 0 atom stereocenters. The molecule has 0 fully saturated rings. The molecule has 0 aliphatic carbocycles. The second-order valence-electron chi connectivity index (χ2n) is 5.00. The molecule has 2 aromatic rings. The zero-order valence-electron chi connectivity index (χ0n) is 11.7. The number of aryl methyl sites for hydroxylation is 2. The van der Waals surface area contributed by atoms with Crippen LogP contribution in [0, 0.1) is 12.7 Å². The minimum absolute atomic E-state index is 0.342. The molecular formula is C15H17FN4. The van der Waals surface area contributed by atoms with Crippen LogP contribution in [0.1, 0.15) is 17.5 Å². The number of hydrogen-bond acceptors (Lipinski definition) is 4. The first-order valence-electron chi connectivity index (χ1n) is 6.76. The van der Waals surface area contributed by atoms with Crippen molar-refractivity contribution in [2.45, 2.75) is 19.8 Å². The fourth-order valence-electron chi connectivity index (χ4n) is 2.61. The van der Waals surface area contributed by atoms with Crippen LogP contribution >= 0.6 is 0 Å². The molecule has 0 amide bonds. The molecule has 1 N–H and O–H groups in total. The van der Waals surface area contributed by atoms with Gasteiger partial charge in [0.25, 0.3) is 0 Å². The van der Waals surface area contributed by atoms with E-state index in [2.05, 4.69) is 34.3 Å². The zero-order chi connectivity index (χ0) is 14.1. The van der Waals surface area contributed by atoms with Crippen molar-refractivity contribution in [2.75, 3.05) is 23.8 Å². The van der Waals surface area contributed by atoms with Gasteiger partial charge in [-0.05, 0) is 31.4 Å². The van der Waals surface area contributed by atoms with Gasteiger partial charge in [0.2, 0.25) is 5.95 Å². The van der Waals surface area contributed by atoms with Crippen molar-refractivity contribution in [1.82, 2.24) is 9.97 Å². The summed E-state index contributed by atoms with van der Waals surface area (Å²) in [5.74, 6) is 0.382. The number of halogens is 1. The van der Waals surface area contributed by atoms with Gasteiger partial charge in [-0.2, -0.15) is 4.98 Å². The molecule has 0 saturated carbocycles. The number of benzene rings is 1. The third-order valence-corrected chi connectivity index (χ3v) is 3.56. The van der Waals surface area contributed by atoms with E-state index in [1.165, 1.54) is 17.3 Å². The van der Waals surface area contributed by atoms with Gasteiger partial charge in [0.05, 0.1) is 6.20 Å². The predicted molar refractivity (Wildman–Crippen MR) is 78.0 cm³/mol. The molecule has 20 heavy (non-hydrogen) atoms. The summed E-state index contributed by atoms with van der Waals surface area (Å²) in [6, 6.07) is 6.26. The molecule has 104 valence electrons. The number of fused-ring (bicyclic) bond motifs is 1. The van der Waals surface area contributed by atoms with Crippen LogP contribution in [-0.2, 0) is 6.42 Å². The Morgan fingerprint density at radius 3 is 3.00 bits per heavy atom. The lowest BCUT2D eigenvalue weighted by molar-refractivity contribution is 0.606. The number of nitrogens with one attached hydrogen (secondary N) is 1. The Labute approximate surface area is 117 Å². The highest BCUT2D eigenvalue weighted by molar-refractivity contribution is 5.66. The summed E-state index contributed by atoms with van der Waals surface area (Å²) in [4.78, 5) is 10.1. The van der Waals surface area contributed by atoms with Crippen LogP contribution in [0.25, 0.3) is 0 Å². The van der Waals surface area contributed by atoms with Gasteiger partial charge in [-0.25, -0.2) is 9.37 Å². The summed E-state index contributed by atoms with van der Waals surface area (Å²) < 4.78 is 14.1. The molecule has 1 aromatic heterocycles. The molecule has 1 aromatic carbocycles. The lowest BCUT2D eigenvalue weighted by Crippen LogP contribution is -2.26. The van der Waals surface area contributed by atoms with E-state index in [9.17, 15) is 4.39 Å². The Balaban J connectivity index is 2.08. The quantitative estimate of drug-likeness (QED) is 0.912. The summed E-state index contributed by atoms with van der Waals surface area (Å²) in [7, 11) is 1.73. The lowest BCUT2D eigenvalue weighted by atomic mass is 9.99. The molecule has 1 aliphatic heterocycles. The van der Waals surface area contributed by atoms with Gasteiger partial charge in [0, 0.05) is 19.3 Å². The summed E-state index contributed by atoms with van der Waals surface area (Å²) in [6.45, 7) is 2.84. The molecule has 0 bridgehead atoms. The molecule has 1 aliphatic rings. The number of aromatic nitrogens is 2. The Hall–Kier alpha value is -2.17. The van der Waals surface area contributed by atoms with E-state index in [4.69, 9.17) is 0 Å². The molecule has 2 heterocycles. The minimum atomic E-state index is -0.391. The third-order valence-electron chi connectivity index (χ3n) is 3.56. The van der Waals surface area contributed by atoms with E-state index in [1.54, 1.807) is 7.05 Å². The molecule has 0 unspecified atom stereocenters. The topological polar surface area (TPSA) is 41.1 Å². The van der Waals surface area contributed by atoms with E-state index < -0.39 is 5.82 Å². The van der Waals surface area contributed by atoms with Crippen molar-refractivity contribution >= 4 is 17.5 Å². The lowest BCUT2D eigenvalue weighted by Gasteiger charge is -2.30. The Morgan fingerprint density at radius 1 is 1.35 bits per heavy atom. The monoisotopic (exact) mass is 272 g/mol. The van der Waals surface area contributed by atoms with Crippen LogP contribution in [0.4, 0.5) is 21.8 Å². The first-order chi connectivity index (χ1) is 9.69. The molecule has 3 rings (SSSR count). The second kappa shape index (κ2) is 5.07. The second-order valence-corrected chi connectivity index (χ2v) is 5.00. The van der Waals surface area contributed by atoms with Crippen molar-refractivity contribution in [1.29, 1.82) is 0 Å². The Kier molecular flexibility index (Phi) is 3.26. The van der Waals surface area contributed by atoms with Gasteiger partial charge in [0.15, 0.2) is 11.6 Å². The van der Waals surface area contributed by atoms with Gasteiger partial charge >= 0.3 is 0 Å². The van der Waals surface area contributed by atoms with Gasteiger partial charge in [-0.15, -0.1) is 0 Å². The summed E-state index contributed by atoms with van der Waals surface area (Å²) in [5.41, 5.74) is 3.52. The average molecular weight is 272 g/mol. The first kappa shape index (κ1) is 12.8. The van der Waals surface area contributed by atoms with Crippen molar-refractivity contribution in [2.24, 2.45) is 0 Å². The smallest absolute Gasteiger partial charge is 0.224 e. The van der Waals surface area contributed by atoms with Crippen molar-refractivity contribution in [3.05, 3.63) is 41.3 Å². The van der Waals surface area contributed by atoms with Gasteiger partial charge in [0.1, 0.15) is 0 Å². The van der Waals surface area contributed by atoms with E-state index >= 15 is 0 Å². The maximum Gasteiger partial charge on any atom is 0.224 e. The predicted octanol–water partition coefficient (Wildman–Crippen LogP) is 3.05. The van der Waals surface area contributed by atoms with Crippen LogP contribution in [-0.4, -0.2) is 23.6 Å². The molecule has 5 heteroatoms. The van der Waals surface area contributed by atoms with Crippen LogP contribution in [0.3, 0.4) is 0 Å². The van der Waals surface area contributed by atoms with Crippen LogP contribution in [0.2, 0.25) is 0 Å². The van der Waals surface area contributed by atoms with Gasteiger partial charge < -0.3 is 10.2 Å². The number of anilines is 3. The van der Waals surface area contributed by atoms with E-state index in [1.807, 2.05) is 11.0 Å². The minimum Gasteiger partial charge on any atom is -0.357 e. The fourth-order valence-corrected chi connectivity index (χ4v) is 2.61. The zero-order valence-corrected chi connectivity index (χ0v) is 11.7. The third kappa shape index (κ3) is 2.19. The van der Waals surface area contributed by atoms with E-state index in [-0.39, 0.29) is 0 Å². The molecule has 0 spiro atoms. The molecule has 0 saturated heterocycles. The molecule has 4 nitrogen and oxygen atoms in total. The largest absolute Gasteiger partial charge is 0.357 e. The maximum absolute atomic E-state index is 14.1. The summed E-state index contributed by atoms with van der Waals surface area (Å²) in [5, 5.41) is 2.85. The first-order valence-corrected chi connectivity index (χ1v) is 6.76. The van der Waals surface area contributed by atoms with Crippen LogP contribution in [0.5, 0.6) is 0 Å². The summed E-state index contributed by atoms with van der Waals surface area (Å²) in [6.07, 6.45) is 3.24. The number of hydrogen-bond donors (Lipinski definition) is 1. The standard InChI is InChI=1S/C15H17FN4/c1-10-5-6-13-11(8-10)4-3-7-20(13)14-12(16)9-18-15(17-2)19-14/h5-6,8-9H,3-4,7H2,1-2H3,(H,17,18,19). The number of rotatable bonds is 2. The van der Waals surface area contributed by atoms with Crippen molar-refractivity contribution in [3.63, 3.8) is 0 Å². The average Bonchev–Trinajstić information content (AvgIpc) is 2.47. The van der Waals surface area contributed by atoms with Crippen LogP contribution < -0.4 is 10.2 Å². The SMILES string of the molecule is CNc1ncc(F)c(N2CCCc3cc(C)ccc32)n1. The van der Waals surface area contributed by atoms with E-state index in [0.29, 0.717) is 11.8 Å². The van der Waals surface area contributed by atoms with Crippen molar-refractivity contribution < 1.29 is 4.39 Å². The summed E-state index contributed by atoms with van der Waals surface area (Å²) >= 11 is 0. The highest BCUT2D eigenvalue weighted by Crippen LogP contribution is 2.34. The molecule has 0 radical (unpaired) electrons.